The summed E-state index contributed by atoms with van der Waals surface area (Å²) in [5.74, 6) is 5.13. The van der Waals surface area contributed by atoms with Crippen LogP contribution in [0.3, 0.4) is 0 Å². The van der Waals surface area contributed by atoms with Crippen LogP contribution in [0, 0.1) is 12.3 Å². The van der Waals surface area contributed by atoms with Gasteiger partial charge in [-0.3, -0.25) is 4.21 Å². The van der Waals surface area contributed by atoms with Gasteiger partial charge in [0, 0.05) is 31.2 Å². The molecular formula is C23H26N6O2S. The van der Waals surface area contributed by atoms with Crippen LogP contribution in [0.4, 0.5) is 11.8 Å². The van der Waals surface area contributed by atoms with Crippen molar-refractivity contribution in [2.45, 2.75) is 49.0 Å². The summed E-state index contributed by atoms with van der Waals surface area (Å²) >= 11 is 0. The molecule has 1 saturated carbocycles. The van der Waals surface area contributed by atoms with Crippen LogP contribution in [-0.4, -0.2) is 60.2 Å². The molecule has 2 aromatic rings. The molecule has 166 valence electrons. The molecule has 1 aliphatic carbocycles. The highest BCUT2D eigenvalue weighted by molar-refractivity contribution is 7.85. The lowest BCUT2D eigenvalue weighted by molar-refractivity contribution is 0.143. The molecule has 8 nitrogen and oxygen atoms in total. The van der Waals surface area contributed by atoms with E-state index in [0.29, 0.717) is 35.5 Å². The molecule has 0 saturated heterocycles. The minimum Gasteiger partial charge on any atom is -0.394 e. The molecule has 2 aliphatic heterocycles. The smallest absolute Gasteiger partial charge is 0.225 e. The zero-order valence-corrected chi connectivity index (χ0v) is 18.7. The number of aliphatic hydroxyl groups is 1. The van der Waals surface area contributed by atoms with E-state index in [-0.39, 0.29) is 12.1 Å². The highest BCUT2D eigenvalue weighted by atomic mass is 32.2. The molecule has 3 aliphatic rings. The van der Waals surface area contributed by atoms with Crippen LogP contribution >= 0.6 is 0 Å². The predicted octanol–water partition coefficient (Wildman–Crippen LogP) is 1.92. The van der Waals surface area contributed by atoms with Gasteiger partial charge >= 0.3 is 0 Å². The van der Waals surface area contributed by atoms with E-state index in [2.05, 4.69) is 32.2 Å². The van der Waals surface area contributed by atoms with Crippen LogP contribution in [-0.2, 0) is 17.2 Å². The van der Waals surface area contributed by atoms with Gasteiger partial charge in [-0.25, -0.2) is 19.9 Å². The summed E-state index contributed by atoms with van der Waals surface area (Å²) in [6.45, 7) is 1.45. The van der Waals surface area contributed by atoms with Crippen molar-refractivity contribution in [1.29, 1.82) is 0 Å². The topological polar surface area (TPSA) is 104 Å². The second kappa shape index (κ2) is 8.60. The predicted molar refractivity (Wildman–Crippen MR) is 124 cm³/mol. The highest BCUT2D eigenvalue weighted by Crippen LogP contribution is 2.38. The van der Waals surface area contributed by atoms with Crippen molar-refractivity contribution in [3.8, 4) is 12.3 Å². The number of aliphatic hydroxyl groups excluding tert-OH is 1. The first-order valence-corrected chi connectivity index (χ1v) is 12.3. The van der Waals surface area contributed by atoms with E-state index in [1.165, 1.54) is 0 Å². The maximum Gasteiger partial charge on any atom is 0.225 e. The Morgan fingerprint density at radius 3 is 2.66 bits per heavy atom. The summed E-state index contributed by atoms with van der Waals surface area (Å²) < 4.78 is 12.8. The molecule has 5 rings (SSSR count). The summed E-state index contributed by atoms with van der Waals surface area (Å²) in [5, 5.41) is 13.4. The highest BCUT2D eigenvalue weighted by Gasteiger charge is 2.38. The molecule has 0 bridgehead atoms. The van der Waals surface area contributed by atoms with E-state index in [9.17, 15) is 9.32 Å². The summed E-state index contributed by atoms with van der Waals surface area (Å²) in [6, 6.07) is 0. The lowest BCUT2D eigenvalue weighted by atomic mass is 9.77. The Labute approximate surface area is 190 Å². The molecule has 4 heterocycles. The van der Waals surface area contributed by atoms with Crippen molar-refractivity contribution in [2.24, 2.45) is 0 Å². The van der Waals surface area contributed by atoms with E-state index in [0.717, 1.165) is 61.2 Å². The quantitative estimate of drug-likeness (QED) is 0.666. The fourth-order valence-corrected chi connectivity index (χ4v) is 5.73. The van der Waals surface area contributed by atoms with Crippen LogP contribution in [0.15, 0.2) is 23.4 Å². The van der Waals surface area contributed by atoms with Crippen LogP contribution in [0.2, 0.25) is 0 Å². The van der Waals surface area contributed by atoms with Crippen molar-refractivity contribution in [3.05, 3.63) is 35.6 Å². The molecule has 2 N–H and O–H groups in total. The molecule has 9 heteroatoms. The molecule has 2 aromatic heterocycles. The van der Waals surface area contributed by atoms with E-state index in [1.54, 1.807) is 12.4 Å². The van der Waals surface area contributed by atoms with E-state index in [1.807, 2.05) is 0 Å². The molecule has 1 atom stereocenters. The number of hydrogen-bond acceptors (Lipinski definition) is 8. The minimum absolute atomic E-state index is 0.0455. The monoisotopic (exact) mass is 450 g/mol. The Bertz CT molecular complexity index is 1120. The fourth-order valence-electron chi connectivity index (χ4n) is 4.40. The van der Waals surface area contributed by atoms with Crippen LogP contribution in [0.5, 0.6) is 0 Å². The molecule has 1 fully saturated rings. The largest absolute Gasteiger partial charge is 0.394 e. The summed E-state index contributed by atoms with van der Waals surface area (Å²) in [7, 11) is -1.12. The second-order valence-corrected chi connectivity index (χ2v) is 10.1. The van der Waals surface area contributed by atoms with Crippen LogP contribution in [0.1, 0.15) is 49.2 Å². The van der Waals surface area contributed by atoms with Gasteiger partial charge in [0.05, 0.1) is 34.2 Å². The third-order valence-corrected chi connectivity index (χ3v) is 8.03. The number of aromatic nitrogens is 4. The summed E-state index contributed by atoms with van der Waals surface area (Å²) in [5.41, 5.74) is 2.23. The first-order chi connectivity index (χ1) is 15.6. The van der Waals surface area contributed by atoms with Gasteiger partial charge in [0.25, 0.3) is 0 Å². The van der Waals surface area contributed by atoms with Gasteiger partial charge in [-0.05, 0) is 44.1 Å². The van der Waals surface area contributed by atoms with Gasteiger partial charge in [0.1, 0.15) is 10.7 Å². The number of nitrogens with zero attached hydrogens (tertiary/aromatic N) is 5. The maximum absolute atomic E-state index is 12.8. The zero-order valence-electron chi connectivity index (χ0n) is 17.9. The van der Waals surface area contributed by atoms with Crippen molar-refractivity contribution in [2.75, 3.05) is 35.7 Å². The first kappa shape index (κ1) is 21.0. The molecule has 0 amide bonds. The molecule has 0 radical (unpaired) electrons. The Morgan fingerprint density at radius 1 is 1.22 bits per heavy atom. The minimum atomic E-state index is -1.12. The van der Waals surface area contributed by atoms with Crippen molar-refractivity contribution in [1.82, 2.24) is 19.9 Å². The van der Waals surface area contributed by atoms with Gasteiger partial charge in [-0.1, -0.05) is 12.0 Å². The Morgan fingerprint density at radius 2 is 2.03 bits per heavy atom. The van der Waals surface area contributed by atoms with Gasteiger partial charge < -0.3 is 15.3 Å². The lowest BCUT2D eigenvalue weighted by Gasteiger charge is -2.42. The fraction of sp³-hybridized carbons (Fsp3) is 0.478. The lowest BCUT2D eigenvalue weighted by Crippen LogP contribution is -2.49. The summed E-state index contributed by atoms with van der Waals surface area (Å²) in [6.07, 6.45) is 16.1. The van der Waals surface area contributed by atoms with E-state index >= 15 is 0 Å². The number of hydrogen-bond donors (Lipinski definition) is 2. The van der Waals surface area contributed by atoms with Gasteiger partial charge in [-0.2, -0.15) is 0 Å². The van der Waals surface area contributed by atoms with Crippen LogP contribution in [0.25, 0.3) is 5.57 Å². The number of terminal acetylenes is 1. The van der Waals surface area contributed by atoms with Crippen LogP contribution < -0.4 is 10.2 Å². The molecule has 0 aromatic carbocycles. The molecule has 1 unspecified atom stereocenters. The van der Waals surface area contributed by atoms with E-state index < -0.39 is 10.8 Å². The maximum atomic E-state index is 12.8. The van der Waals surface area contributed by atoms with E-state index in [4.69, 9.17) is 16.4 Å². The zero-order chi connectivity index (χ0) is 22.1. The van der Waals surface area contributed by atoms with Gasteiger partial charge in [0.15, 0.2) is 5.82 Å². The normalized spacial score (nSPS) is 21.7. The number of nitrogens with one attached hydrogen (secondary N) is 1. The third-order valence-electron chi connectivity index (χ3n) is 6.49. The molecule has 0 spiro atoms. The van der Waals surface area contributed by atoms with Gasteiger partial charge in [0.2, 0.25) is 5.95 Å². The standard InChI is InChI=1S/C23H26N6O2S/c1-2-16-13-24-22(25-14-16)29-10-6-17(7-11-29)20-26-18-5-3-12-32(31)19(18)21(27-20)28-23(15-30)8-4-9-23/h1,6,13-14,30H,3-5,7-12,15H2,(H,26,27,28). The average Bonchev–Trinajstić information content (AvgIpc) is 2.81. The summed E-state index contributed by atoms with van der Waals surface area (Å²) in [4.78, 5) is 21.2. The van der Waals surface area contributed by atoms with Crippen molar-refractivity contribution >= 4 is 28.1 Å². The Balaban J connectivity index is 1.43. The number of aryl methyl sites for hydroxylation is 1. The SMILES string of the molecule is C#Cc1cnc(N2CC=C(c3nc4c(c(NC5(CO)CCC5)n3)S(=O)CCC4)CC2)nc1. The number of fused-ring (bicyclic) bond motifs is 1. The number of anilines is 2. The third kappa shape index (κ3) is 3.89. The Hall–Kier alpha value is -2.83. The van der Waals surface area contributed by atoms with Crippen molar-refractivity contribution in [3.63, 3.8) is 0 Å². The first-order valence-electron chi connectivity index (χ1n) is 11.0. The molecular weight excluding hydrogens is 424 g/mol. The molecule has 32 heavy (non-hydrogen) atoms. The average molecular weight is 451 g/mol. The Kier molecular flexibility index (Phi) is 5.66. The van der Waals surface area contributed by atoms with Crippen molar-refractivity contribution < 1.29 is 9.32 Å². The van der Waals surface area contributed by atoms with Gasteiger partial charge in [-0.15, -0.1) is 6.42 Å². The second-order valence-electron chi connectivity index (χ2n) is 8.58. The number of rotatable bonds is 5.